The Hall–Kier alpha value is -2.99. The zero-order valence-corrected chi connectivity index (χ0v) is 12.7. The maximum absolute atomic E-state index is 12.2. The highest BCUT2D eigenvalue weighted by Crippen LogP contribution is 2.15. The van der Waals surface area contributed by atoms with Crippen molar-refractivity contribution < 1.29 is 4.79 Å². The third-order valence-electron chi connectivity index (χ3n) is 3.05. The Morgan fingerprint density at radius 1 is 1.22 bits per heavy atom. The van der Waals surface area contributed by atoms with Gasteiger partial charge in [-0.15, -0.1) is 5.10 Å². The van der Waals surface area contributed by atoms with E-state index in [1.165, 1.54) is 6.08 Å². The molecule has 3 aromatic rings. The van der Waals surface area contributed by atoms with E-state index in [-0.39, 0.29) is 11.9 Å². The molecule has 7 heteroatoms. The summed E-state index contributed by atoms with van der Waals surface area (Å²) in [7, 11) is 0. The number of anilines is 1. The molecule has 0 saturated heterocycles. The van der Waals surface area contributed by atoms with Crippen molar-refractivity contribution in [3.05, 3.63) is 65.5 Å². The standard InChI is InChI=1S/C16H12ClN5O/c17-13-6-3-11(4-7-13)5-8-14(23)22-16(18)20-15(21-22)12-2-1-9-19-10-12/h1-10H,(H2,18,20,21)/b8-5+. The second kappa shape index (κ2) is 6.41. The number of nitrogens with two attached hydrogens (primary N) is 1. The van der Waals surface area contributed by atoms with Gasteiger partial charge in [0.05, 0.1) is 0 Å². The van der Waals surface area contributed by atoms with Crippen LogP contribution < -0.4 is 5.73 Å². The van der Waals surface area contributed by atoms with E-state index in [0.29, 0.717) is 16.4 Å². The van der Waals surface area contributed by atoms with E-state index in [4.69, 9.17) is 17.3 Å². The Labute approximate surface area is 137 Å². The maximum atomic E-state index is 12.2. The van der Waals surface area contributed by atoms with Crippen LogP contribution in [0.15, 0.2) is 54.9 Å². The van der Waals surface area contributed by atoms with Crippen LogP contribution in [0.25, 0.3) is 17.5 Å². The number of allylic oxidation sites excluding steroid dienone is 1. The summed E-state index contributed by atoms with van der Waals surface area (Å²) in [4.78, 5) is 20.3. The van der Waals surface area contributed by atoms with Crippen LogP contribution in [0, 0.1) is 0 Å². The van der Waals surface area contributed by atoms with Crippen molar-refractivity contribution in [2.75, 3.05) is 5.73 Å². The highest BCUT2D eigenvalue weighted by molar-refractivity contribution is 6.30. The molecule has 1 aromatic carbocycles. The van der Waals surface area contributed by atoms with Crippen molar-refractivity contribution in [1.82, 2.24) is 19.7 Å². The first kappa shape index (κ1) is 14.9. The molecule has 114 valence electrons. The highest BCUT2D eigenvalue weighted by Gasteiger charge is 2.13. The summed E-state index contributed by atoms with van der Waals surface area (Å²) in [6, 6.07) is 10.6. The van der Waals surface area contributed by atoms with Crippen LogP contribution in [0.5, 0.6) is 0 Å². The molecular weight excluding hydrogens is 314 g/mol. The highest BCUT2D eigenvalue weighted by atomic mass is 35.5. The fourth-order valence-corrected chi connectivity index (χ4v) is 2.04. The number of carbonyl (C=O) groups is 1. The van der Waals surface area contributed by atoms with Crippen molar-refractivity contribution in [2.45, 2.75) is 0 Å². The summed E-state index contributed by atoms with van der Waals surface area (Å²) in [5.74, 6) is -0.0152. The lowest BCUT2D eigenvalue weighted by molar-refractivity contribution is 0.0958. The average Bonchev–Trinajstić information content (AvgIpc) is 2.97. The fourth-order valence-electron chi connectivity index (χ4n) is 1.92. The summed E-state index contributed by atoms with van der Waals surface area (Å²) in [6.45, 7) is 0. The summed E-state index contributed by atoms with van der Waals surface area (Å²) in [6.07, 6.45) is 6.28. The number of nitrogen functional groups attached to an aromatic ring is 1. The third kappa shape index (κ3) is 3.44. The number of aromatic nitrogens is 4. The molecule has 6 nitrogen and oxygen atoms in total. The first-order chi connectivity index (χ1) is 11.1. The minimum atomic E-state index is -0.389. The quantitative estimate of drug-likeness (QED) is 0.748. The second-order valence-corrected chi connectivity index (χ2v) is 5.11. The number of nitrogens with zero attached hydrogens (tertiary/aromatic N) is 4. The molecule has 3 rings (SSSR count). The molecule has 0 aliphatic carbocycles. The molecule has 0 amide bonds. The predicted octanol–water partition coefficient (Wildman–Crippen LogP) is 2.93. The molecule has 2 heterocycles. The third-order valence-corrected chi connectivity index (χ3v) is 3.30. The Kier molecular flexibility index (Phi) is 4.16. The number of carbonyl (C=O) groups excluding carboxylic acids is 1. The molecular formula is C16H12ClN5O. The fraction of sp³-hybridized carbons (Fsp3) is 0. The lowest BCUT2D eigenvalue weighted by Crippen LogP contribution is -2.12. The second-order valence-electron chi connectivity index (χ2n) is 4.67. The smallest absolute Gasteiger partial charge is 0.274 e. The van der Waals surface area contributed by atoms with Gasteiger partial charge in [0.1, 0.15) is 0 Å². The number of benzene rings is 1. The molecule has 0 bridgehead atoms. The largest absolute Gasteiger partial charge is 0.368 e. The van der Waals surface area contributed by atoms with E-state index in [9.17, 15) is 4.79 Å². The Bertz CT molecular complexity index is 856. The minimum Gasteiger partial charge on any atom is -0.368 e. The number of hydrogen-bond acceptors (Lipinski definition) is 5. The predicted molar refractivity (Wildman–Crippen MR) is 88.8 cm³/mol. The number of halogens is 1. The average molecular weight is 326 g/mol. The van der Waals surface area contributed by atoms with Gasteiger partial charge in [-0.2, -0.15) is 9.67 Å². The van der Waals surface area contributed by atoms with Crippen LogP contribution in [-0.2, 0) is 0 Å². The molecule has 0 radical (unpaired) electrons. The van der Waals surface area contributed by atoms with Gasteiger partial charge in [0.2, 0.25) is 5.95 Å². The van der Waals surface area contributed by atoms with E-state index < -0.39 is 0 Å². The van der Waals surface area contributed by atoms with E-state index in [1.807, 2.05) is 0 Å². The zero-order chi connectivity index (χ0) is 16.2. The van der Waals surface area contributed by atoms with Crippen molar-refractivity contribution >= 4 is 29.5 Å². The molecule has 0 spiro atoms. The van der Waals surface area contributed by atoms with E-state index >= 15 is 0 Å². The number of pyridine rings is 1. The molecule has 23 heavy (non-hydrogen) atoms. The topological polar surface area (TPSA) is 86.7 Å². The van der Waals surface area contributed by atoms with Gasteiger partial charge in [-0.25, -0.2) is 0 Å². The Morgan fingerprint density at radius 2 is 2.00 bits per heavy atom. The molecule has 0 aliphatic heterocycles. The van der Waals surface area contributed by atoms with Crippen molar-refractivity contribution in [2.24, 2.45) is 0 Å². The lowest BCUT2D eigenvalue weighted by atomic mass is 10.2. The molecule has 0 aliphatic rings. The number of rotatable bonds is 3. The van der Waals surface area contributed by atoms with Crippen LogP contribution in [0.2, 0.25) is 5.02 Å². The van der Waals surface area contributed by atoms with Crippen LogP contribution in [0.4, 0.5) is 5.95 Å². The van der Waals surface area contributed by atoms with E-state index in [0.717, 1.165) is 10.2 Å². The number of hydrogen-bond donors (Lipinski definition) is 1. The zero-order valence-electron chi connectivity index (χ0n) is 11.9. The van der Waals surface area contributed by atoms with Crippen LogP contribution in [0.3, 0.4) is 0 Å². The van der Waals surface area contributed by atoms with Gasteiger partial charge in [-0.05, 0) is 35.9 Å². The van der Waals surface area contributed by atoms with Gasteiger partial charge >= 0.3 is 0 Å². The summed E-state index contributed by atoms with van der Waals surface area (Å²) >= 11 is 5.82. The van der Waals surface area contributed by atoms with E-state index in [2.05, 4.69) is 15.1 Å². The molecule has 0 atom stereocenters. The molecule has 0 fully saturated rings. The first-order valence-electron chi connectivity index (χ1n) is 6.74. The van der Waals surface area contributed by atoms with Crippen molar-refractivity contribution in [3.8, 4) is 11.4 Å². The van der Waals surface area contributed by atoms with Gasteiger partial charge in [0.15, 0.2) is 5.82 Å². The normalized spacial score (nSPS) is 11.0. The van der Waals surface area contributed by atoms with Crippen LogP contribution in [0.1, 0.15) is 10.4 Å². The molecule has 2 aromatic heterocycles. The summed E-state index contributed by atoms with van der Waals surface area (Å²) < 4.78 is 1.05. The van der Waals surface area contributed by atoms with Crippen LogP contribution in [-0.4, -0.2) is 25.7 Å². The lowest BCUT2D eigenvalue weighted by Gasteiger charge is -1.96. The molecule has 0 unspecified atom stereocenters. The van der Waals surface area contributed by atoms with Gasteiger partial charge < -0.3 is 5.73 Å². The van der Waals surface area contributed by atoms with Gasteiger partial charge in [0.25, 0.3) is 5.91 Å². The van der Waals surface area contributed by atoms with Gasteiger partial charge in [0, 0.05) is 29.1 Å². The Balaban J connectivity index is 1.83. The van der Waals surface area contributed by atoms with Gasteiger partial charge in [-0.3, -0.25) is 9.78 Å². The van der Waals surface area contributed by atoms with Gasteiger partial charge in [-0.1, -0.05) is 23.7 Å². The minimum absolute atomic E-state index is 0.0228. The SMILES string of the molecule is Nc1nc(-c2cccnc2)nn1C(=O)/C=C/c1ccc(Cl)cc1. The van der Waals surface area contributed by atoms with Crippen molar-refractivity contribution in [1.29, 1.82) is 0 Å². The summed E-state index contributed by atoms with van der Waals surface area (Å²) in [5, 5.41) is 4.76. The monoisotopic (exact) mass is 325 g/mol. The van der Waals surface area contributed by atoms with Crippen molar-refractivity contribution in [3.63, 3.8) is 0 Å². The van der Waals surface area contributed by atoms with E-state index in [1.54, 1.807) is 54.9 Å². The first-order valence-corrected chi connectivity index (χ1v) is 7.12. The maximum Gasteiger partial charge on any atom is 0.274 e. The Morgan fingerprint density at radius 3 is 2.70 bits per heavy atom. The summed E-state index contributed by atoms with van der Waals surface area (Å²) in [5.41, 5.74) is 7.29. The van der Waals surface area contributed by atoms with Crippen LogP contribution >= 0.6 is 11.6 Å². The molecule has 0 saturated carbocycles. The molecule has 2 N–H and O–H groups in total.